The largest absolute Gasteiger partial charge is 0.491 e. The Morgan fingerprint density at radius 1 is 1.55 bits per heavy atom. The van der Waals surface area contributed by atoms with E-state index in [0.29, 0.717) is 11.4 Å². The summed E-state index contributed by atoms with van der Waals surface area (Å²) in [6.07, 6.45) is -0.647. The molecule has 0 N–H and O–H groups in total. The SMILES string of the molecule is C[C@H](C#N)OC(=O)CN1C(=O)CCOc2ccccc21. The zero-order valence-corrected chi connectivity index (χ0v) is 11.0. The third kappa shape index (κ3) is 3.06. The van der Waals surface area contributed by atoms with E-state index in [4.69, 9.17) is 14.7 Å². The molecule has 6 heteroatoms. The van der Waals surface area contributed by atoms with Crippen LogP contribution in [0.15, 0.2) is 24.3 Å². The highest BCUT2D eigenvalue weighted by atomic mass is 16.5. The predicted molar refractivity (Wildman–Crippen MR) is 70.1 cm³/mol. The molecule has 2 rings (SSSR count). The molecule has 6 nitrogen and oxygen atoms in total. The molecule has 1 amide bonds. The van der Waals surface area contributed by atoms with E-state index in [1.807, 2.05) is 0 Å². The van der Waals surface area contributed by atoms with Crippen LogP contribution in [0.4, 0.5) is 5.69 Å². The number of nitrogens with zero attached hydrogens (tertiary/aromatic N) is 2. The maximum atomic E-state index is 12.0. The van der Waals surface area contributed by atoms with Gasteiger partial charge in [-0.3, -0.25) is 14.5 Å². The summed E-state index contributed by atoms with van der Waals surface area (Å²) in [4.78, 5) is 25.1. The topological polar surface area (TPSA) is 79.6 Å². The van der Waals surface area contributed by atoms with Crippen LogP contribution in [0.25, 0.3) is 0 Å². The molecule has 0 radical (unpaired) electrons. The lowest BCUT2D eigenvalue weighted by atomic mass is 10.2. The van der Waals surface area contributed by atoms with Crippen molar-refractivity contribution in [2.75, 3.05) is 18.1 Å². The lowest BCUT2D eigenvalue weighted by Crippen LogP contribution is -2.36. The Kier molecular flexibility index (Phi) is 4.20. The van der Waals surface area contributed by atoms with E-state index in [-0.39, 0.29) is 25.5 Å². The van der Waals surface area contributed by atoms with Gasteiger partial charge >= 0.3 is 5.97 Å². The molecular formula is C14H14N2O4. The number of amides is 1. The number of benzene rings is 1. The third-order valence-corrected chi connectivity index (χ3v) is 2.81. The first-order valence-corrected chi connectivity index (χ1v) is 6.23. The van der Waals surface area contributed by atoms with E-state index in [1.54, 1.807) is 30.3 Å². The number of para-hydroxylation sites is 2. The summed E-state index contributed by atoms with van der Waals surface area (Å²) in [6, 6.07) is 8.81. The molecule has 1 aliphatic rings. The molecule has 0 saturated heterocycles. The number of hydrogen-bond acceptors (Lipinski definition) is 5. The van der Waals surface area contributed by atoms with Gasteiger partial charge < -0.3 is 9.47 Å². The van der Waals surface area contributed by atoms with Gasteiger partial charge in [-0.05, 0) is 19.1 Å². The molecular weight excluding hydrogens is 260 g/mol. The molecule has 0 bridgehead atoms. The molecule has 0 aliphatic carbocycles. The average molecular weight is 274 g/mol. The van der Waals surface area contributed by atoms with Crippen LogP contribution in [0.3, 0.4) is 0 Å². The molecule has 0 aromatic heterocycles. The van der Waals surface area contributed by atoms with Crippen molar-refractivity contribution in [3.63, 3.8) is 0 Å². The quantitative estimate of drug-likeness (QED) is 0.775. The van der Waals surface area contributed by atoms with Crippen molar-refractivity contribution in [3.8, 4) is 11.8 Å². The minimum atomic E-state index is -0.837. The van der Waals surface area contributed by atoms with Crippen LogP contribution in [0.1, 0.15) is 13.3 Å². The Morgan fingerprint density at radius 2 is 2.30 bits per heavy atom. The fourth-order valence-corrected chi connectivity index (χ4v) is 1.88. The Bertz CT molecular complexity index is 565. The predicted octanol–water partition coefficient (Wildman–Crippen LogP) is 1.26. The van der Waals surface area contributed by atoms with Gasteiger partial charge in [0.1, 0.15) is 18.4 Å². The standard InChI is InChI=1S/C14H14N2O4/c1-10(8-15)20-14(18)9-16-11-4-2-3-5-12(11)19-7-6-13(16)17/h2-5,10H,6-7,9H2,1H3/t10-/m1/s1. The molecule has 20 heavy (non-hydrogen) atoms. The van der Waals surface area contributed by atoms with Crippen molar-refractivity contribution in [2.45, 2.75) is 19.4 Å². The van der Waals surface area contributed by atoms with Gasteiger partial charge in [-0.2, -0.15) is 5.26 Å². The Labute approximate surface area is 116 Å². The van der Waals surface area contributed by atoms with Crippen LogP contribution < -0.4 is 9.64 Å². The molecule has 0 spiro atoms. The van der Waals surface area contributed by atoms with Gasteiger partial charge in [0.25, 0.3) is 0 Å². The van der Waals surface area contributed by atoms with Gasteiger partial charge in [0, 0.05) is 0 Å². The van der Waals surface area contributed by atoms with Crippen LogP contribution in [0.5, 0.6) is 5.75 Å². The first kappa shape index (κ1) is 13.9. The lowest BCUT2D eigenvalue weighted by Gasteiger charge is -2.21. The van der Waals surface area contributed by atoms with Gasteiger partial charge in [-0.1, -0.05) is 12.1 Å². The highest BCUT2D eigenvalue weighted by Crippen LogP contribution is 2.30. The second kappa shape index (κ2) is 6.06. The Balaban J connectivity index is 2.19. The summed E-state index contributed by atoms with van der Waals surface area (Å²) in [7, 11) is 0. The molecule has 1 atom stereocenters. The molecule has 1 aromatic carbocycles. The van der Waals surface area contributed by atoms with Gasteiger partial charge in [-0.15, -0.1) is 0 Å². The van der Waals surface area contributed by atoms with Crippen molar-refractivity contribution in [3.05, 3.63) is 24.3 Å². The minimum absolute atomic E-state index is 0.190. The fraction of sp³-hybridized carbons (Fsp3) is 0.357. The second-order valence-corrected chi connectivity index (χ2v) is 4.31. The van der Waals surface area contributed by atoms with Crippen molar-refractivity contribution in [1.82, 2.24) is 0 Å². The van der Waals surface area contributed by atoms with E-state index in [0.717, 1.165) is 0 Å². The molecule has 0 unspecified atom stereocenters. The van der Waals surface area contributed by atoms with E-state index in [1.165, 1.54) is 11.8 Å². The first-order valence-electron chi connectivity index (χ1n) is 6.23. The van der Waals surface area contributed by atoms with E-state index in [2.05, 4.69) is 0 Å². The summed E-state index contributed by atoms with van der Waals surface area (Å²) in [5.41, 5.74) is 0.538. The minimum Gasteiger partial charge on any atom is -0.491 e. The zero-order valence-electron chi connectivity index (χ0n) is 11.0. The van der Waals surface area contributed by atoms with Crippen molar-refractivity contribution >= 4 is 17.6 Å². The second-order valence-electron chi connectivity index (χ2n) is 4.31. The van der Waals surface area contributed by atoms with Crippen LogP contribution in [0, 0.1) is 11.3 Å². The van der Waals surface area contributed by atoms with Crippen LogP contribution in [-0.2, 0) is 14.3 Å². The highest BCUT2D eigenvalue weighted by molar-refractivity contribution is 5.99. The molecule has 104 valence electrons. The Morgan fingerprint density at radius 3 is 3.05 bits per heavy atom. The van der Waals surface area contributed by atoms with Gasteiger partial charge in [-0.25, -0.2) is 0 Å². The average Bonchev–Trinajstić information content (AvgIpc) is 2.59. The van der Waals surface area contributed by atoms with Crippen molar-refractivity contribution in [2.24, 2.45) is 0 Å². The van der Waals surface area contributed by atoms with Crippen LogP contribution in [0.2, 0.25) is 0 Å². The van der Waals surface area contributed by atoms with E-state index in [9.17, 15) is 9.59 Å². The summed E-state index contributed by atoms with van der Waals surface area (Å²) in [5, 5.41) is 8.62. The number of ether oxygens (including phenoxy) is 2. The normalized spacial score (nSPS) is 15.4. The van der Waals surface area contributed by atoms with E-state index >= 15 is 0 Å². The smallest absolute Gasteiger partial charge is 0.327 e. The number of fused-ring (bicyclic) bond motifs is 1. The summed E-state index contributed by atoms with van der Waals surface area (Å²) < 4.78 is 10.3. The monoisotopic (exact) mass is 274 g/mol. The van der Waals surface area contributed by atoms with Gasteiger partial charge in [0.15, 0.2) is 6.10 Å². The fourth-order valence-electron chi connectivity index (χ4n) is 1.88. The molecule has 1 heterocycles. The Hall–Kier alpha value is -2.55. The number of rotatable bonds is 3. The number of anilines is 1. The third-order valence-electron chi connectivity index (χ3n) is 2.81. The summed E-state index contributed by atoms with van der Waals surface area (Å²) in [5.74, 6) is -0.278. The van der Waals surface area contributed by atoms with Gasteiger partial charge in [0.05, 0.1) is 18.7 Å². The number of carbonyl (C=O) groups is 2. The molecule has 1 aliphatic heterocycles. The molecule has 1 aromatic rings. The molecule has 0 fully saturated rings. The van der Waals surface area contributed by atoms with Crippen molar-refractivity contribution in [1.29, 1.82) is 5.26 Å². The van der Waals surface area contributed by atoms with Crippen LogP contribution in [-0.4, -0.2) is 31.1 Å². The number of esters is 1. The number of nitriles is 1. The van der Waals surface area contributed by atoms with Gasteiger partial charge in [0.2, 0.25) is 5.91 Å². The van der Waals surface area contributed by atoms with E-state index < -0.39 is 12.1 Å². The summed E-state index contributed by atoms with van der Waals surface area (Å²) in [6.45, 7) is 1.51. The van der Waals surface area contributed by atoms with Crippen molar-refractivity contribution < 1.29 is 19.1 Å². The highest BCUT2D eigenvalue weighted by Gasteiger charge is 2.26. The van der Waals surface area contributed by atoms with Crippen LogP contribution >= 0.6 is 0 Å². The number of carbonyl (C=O) groups excluding carboxylic acids is 2. The maximum Gasteiger partial charge on any atom is 0.327 e. The number of hydrogen-bond donors (Lipinski definition) is 0. The lowest BCUT2D eigenvalue weighted by molar-refractivity contribution is -0.145. The first-order chi connectivity index (χ1) is 9.61. The zero-order chi connectivity index (χ0) is 14.5. The molecule has 0 saturated carbocycles. The maximum absolute atomic E-state index is 12.0. The summed E-state index contributed by atoms with van der Waals surface area (Å²) >= 11 is 0.